The van der Waals surface area contributed by atoms with Crippen molar-refractivity contribution in [1.29, 1.82) is 0 Å². The molecule has 178 valence electrons. The van der Waals surface area contributed by atoms with E-state index in [9.17, 15) is 19.2 Å². The van der Waals surface area contributed by atoms with Gasteiger partial charge >= 0.3 is 12.0 Å². The number of amides is 4. The number of halogens is 1. The fourth-order valence-corrected chi connectivity index (χ4v) is 4.18. The first-order chi connectivity index (χ1) is 16.7. The molecule has 2 heterocycles. The van der Waals surface area contributed by atoms with Crippen LogP contribution in [0.3, 0.4) is 0 Å². The maximum absolute atomic E-state index is 13.2. The third-order valence-corrected chi connectivity index (χ3v) is 6.16. The average molecular weight is 492 g/mol. The molecule has 2 aromatic carbocycles. The first kappa shape index (κ1) is 24.0. The summed E-state index contributed by atoms with van der Waals surface area (Å²) in [6, 6.07) is 14.8. The molecule has 1 N–H and O–H groups in total. The number of hydrogen-bond donors (Lipinski definition) is 1. The smallest absolute Gasteiger partial charge is 0.337 e. The van der Waals surface area contributed by atoms with E-state index in [1.54, 1.807) is 48.5 Å². The Bertz CT molecular complexity index is 1390. The third-order valence-electron chi connectivity index (χ3n) is 5.79. The van der Waals surface area contributed by atoms with Gasteiger partial charge in [-0.1, -0.05) is 29.8 Å². The number of benzene rings is 2. The average Bonchev–Trinajstić information content (AvgIpc) is 3.12. The van der Waals surface area contributed by atoms with Gasteiger partial charge in [0.2, 0.25) is 0 Å². The number of nitrogens with one attached hydrogen (secondary N) is 1. The van der Waals surface area contributed by atoms with Crippen molar-refractivity contribution < 1.29 is 23.9 Å². The Morgan fingerprint density at radius 2 is 1.74 bits per heavy atom. The summed E-state index contributed by atoms with van der Waals surface area (Å²) in [6.45, 7) is 3.67. The summed E-state index contributed by atoms with van der Waals surface area (Å²) in [5.74, 6) is -1.89. The lowest BCUT2D eigenvalue weighted by Crippen LogP contribution is -2.53. The number of carbonyl (C=O) groups is 4. The van der Waals surface area contributed by atoms with Crippen LogP contribution in [0.25, 0.3) is 11.8 Å². The lowest BCUT2D eigenvalue weighted by Gasteiger charge is -2.26. The molecule has 3 aromatic rings. The predicted molar refractivity (Wildman–Crippen MR) is 130 cm³/mol. The molecule has 0 unspecified atom stereocenters. The highest BCUT2D eigenvalue weighted by atomic mass is 35.5. The number of carbonyl (C=O) groups excluding carboxylic acids is 4. The van der Waals surface area contributed by atoms with Crippen molar-refractivity contribution >= 4 is 41.5 Å². The summed E-state index contributed by atoms with van der Waals surface area (Å²) in [5.41, 5.74) is 3.92. The normalized spacial score (nSPS) is 14.9. The fraction of sp³-hybridized carbons (Fsp3) is 0.154. The molecule has 4 amide bonds. The van der Waals surface area contributed by atoms with E-state index >= 15 is 0 Å². The molecule has 1 saturated heterocycles. The first-order valence-electron chi connectivity index (χ1n) is 10.7. The second kappa shape index (κ2) is 9.60. The minimum atomic E-state index is -0.798. The van der Waals surface area contributed by atoms with Crippen molar-refractivity contribution in [2.45, 2.75) is 20.4 Å². The summed E-state index contributed by atoms with van der Waals surface area (Å²) in [4.78, 5) is 50.8. The number of barbiturate groups is 1. The maximum Gasteiger partial charge on any atom is 0.337 e. The summed E-state index contributed by atoms with van der Waals surface area (Å²) in [5, 5.41) is 2.64. The number of nitrogens with zero attached hydrogens (tertiary/aromatic N) is 2. The van der Waals surface area contributed by atoms with Gasteiger partial charge < -0.3 is 9.30 Å². The number of ether oxygens (including phenoxy) is 1. The minimum Gasteiger partial charge on any atom is -0.465 e. The molecule has 8 nitrogen and oxygen atoms in total. The molecule has 9 heteroatoms. The highest BCUT2D eigenvalue weighted by Crippen LogP contribution is 2.26. The van der Waals surface area contributed by atoms with Crippen LogP contribution < -0.4 is 5.32 Å². The Balaban J connectivity index is 1.67. The van der Waals surface area contributed by atoms with E-state index < -0.39 is 23.8 Å². The molecule has 4 rings (SSSR count). The van der Waals surface area contributed by atoms with Gasteiger partial charge in [0.1, 0.15) is 5.57 Å². The van der Waals surface area contributed by atoms with Crippen LogP contribution in [0.1, 0.15) is 32.9 Å². The Morgan fingerprint density at radius 1 is 1.06 bits per heavy atom. The summed E-state index contributed by atoms with van der Waals surface area (Å²) < 4.78 is 6.68. The van der Waals surface area contributed by atoms with E-state index in [1.165, 1.54) is 13.2 Å². The van der Waals surface area contributed by atoms with Crippen LogP contribution in [0.2, 0.25) is 5.02 Å². The van der Waals surface area contributed by atoms with Gasteiger partial charge in [-0.2, -0.15) is 0 Å². The number of aryl methyl sites for hydroxylation is 1. The number of rotatable bonds is 5. The molecule has 1 aliphatic heterocycles. The Morgan fingerprint density at radius 3 is 2.40 bits per heavy atom. The molecule has 1 fully saturated rings. The van der Waals surface area contributed by atoms with E-state index in [0.717, 1.165) is 22.0 Å². The topological polar surface area (TPSA) is 97.7 Å². The molecule has 0 radical (unpaired) electrons. The molecular weight excluding hydrogens is 470 g/mol. The van der Waals surface area contributed by atoms with Crippen LogP contribution in [-0.4, -0.2) is 40.4 Å². The van der Waals surface area contributed by atoms with Crippen molar-refractivity contribution in [2.24, 2.45) is 0 Å². The monoisotopic (exact) mass is 491 g/mol. The van der Waals surface area contributed by atoms with Gasteiger partial charge in [0.15, 0.2) is 0 Å². The highest BCUT2D eigenvalue weighted by Gasteiger charge is 2.36. The number of esters is 1. The second-order valence-electron chi connectivity index (χ2n) is 8.00. The number of imide groups is 2. The zero-order chi connectivity index (χ0) is 25.3. The lowest BCUT2D eigenvalue weighted by molar-refractivity contribution is -0.130. The molecule has 35 heavy (non-hydrogen) atoms. The summed E-state index contributed by atoms with van der Waals surface area (Å²) in [7, 11) is 1.32. The van der Waals surface area contributed by atoms with E-state index in [4.69, 9.17) is 16.3 Å². The molecule has 0 bridgehead atoms. The van der Waals surface area contributed by atoms with Gasteiger partial charge in [0.05, 0.1) is 19.2 Å². The molecular formula is C26H22ClN3O5. The quantitative estimate of drug-likeness (QED) is 0.328. The molecule has 0 saturated carbocycles. The van der Waals surface area contributed by atoms with E-state index in [-0.39, 0.29) is 12.1 Å². The molecule has 1 aromatic heterocycles. The Labute approximate surface area is 206 Å². The SMILES string of the molecule is COC(=O)c1ccc(-n2c(C)cc(/C=C3\C(=O)NC(=O)N(Cc4ccccc4Cl)C3=O)c2C)cc1. The van der Waals surface area contributed by atoms with Crippen LogP contribution in [0.4, 0.5) is 4.79 Å². The van der Waals surface area contributed by atoms with Crippen LogP contribution in [0, 0.1) is 13.8 Å². The fourth-order valence-electron chi connectivity index (χ4n) is 3.99. The maximum atomic E-state index is 13.2. The van der Waals surface area contributed by atoms with Gasteiger partial charge in [-0.25, -0.2) is 9.59 Å². The van der Waals surface area contributed by atoms with Gasteiger partial charge in [0, 0.05) is 22.1 Å². The van der Waals surface area contributed by atoms with Crippen LogP contribution in [0.5, 0.6) is 0 Å². The summed E-state index contributed by atoms with van der Waals surface area (Å²) in [6.07, 6.45) is 1.48. The second-order valence-corrected chi connectivity index (χ2v) is 8.41. The highest BCUT2D eigenvalue weighted by molar-refractivity contribution is 6.32. The Kier molecular flexibility index (Phi) is 6.57. The number of urea groups is 1. The van der Waals surface area contributed by atoms with Crippen LogP contribution in [-0.2, 0) is 20.9 Å². The molecule has 0 spiro atoms. The number of methoxy groups -OCH3 is 1. The standard InChI is InChI=1S/C26H22ClN3O5/c1-15-12-19(16(2)30(15)20-10-8-17(9-11-20)25(33)35-3)13-21-23(31)28-26(34)29(24(21)32)14-18-6-4-5-7-22(18)27/h4-13H,14H2,1-3H3,(H,28,31,34)/b21-13+. The molecule has 0 aliphatic carbocycles. The summed E-state index contributed by atoms with van der Waals surface area (Å²) >= 11 is 6.19. The van der Waals surface area contributed by atoms with E-state index in [1.807, 2.05) is 24.5 Å². The van der Waals surface area contributed by atoms with Crippen LogP contribution >= 0.6 is 11.6 Å². The van der Waals surface area contributed by atoms with Crippen molar-refractivity contribution in [1.82, 2.24) is 14.8 Å². The minimum absolute atomic E-state index is 0.0689. The van der Waals surface area contributed by atoms with Crippen molar-refractivity contribution in [3.8, 4) is 5.69 Å². The van der Waals surface area contributed by atoms with Crippen molar-refractivity contribution in [2.75, 3.05) is 7.11 Å². The zero-order valence-corrected chi connectivity index (χ0v) is 20.1. The van der Waals surface area contributed by atoms with Crippen LogP contribution in [0.15, 0.2) is 60.2 Å². The van der Waals surface area contributed by atoms with Gasteiger partial charge in [-0.05, 0) is 67.4 Å². The van der Waals surface area contributed by atoms with Crippen molar-refractivity contribution in [3.63, 3.8) is 0 Å². The van der Waals surface area contributed by atoms with Gasteiger partial charge in [-0.3, -0.25) is 19.8 Å². The van der Waals surface area contributed by atoms with E-state index in [2.05, 4.69) is 5.32 Å². The largest absolute Gasteiger partial charge is 0.465 e. The third kappa shape index (κ3) is 4.61. The van der Waals surface area contributed by atoms with Gasteiger partial charge in [-0.15, -0.1) is 0 Å². The predicted octanol–water partition coefficient (Wildman–Crippen LogP) is 4.20. The zero-order valence-electron chi connectivity index (χ0n) is 19.3. The van der Waals surface area contributed by atoms with E-state index in [0.29, 0.717) is 21.7 Å². The van der Waals surface area contributed by atoms with Gasteiger partial charge in [0.25, 0.3) is 11.8 Å². The van der Waals surface area contributed by atoms with Crippen molar-refractivity contribution in [3.05, 3.63) is 93.3 Å². The Hall–Kier alpha value is -4.17. The first-order valence-corrected chi connectivity index (χ1v) is 11.1. The number of aromatic nitrogens is 1. The molecule has 0 atom stereocenters. The number of hydrogen-bond acceptors (Lipinski definition) is 5. The molecule has 1 aliphatic rings. The lowest BCUT2D eigenvalue weighted by atomic mass is 10.1.